The van der Waals surface area contributed by atoms with Crippen LogP contribution in [0.5, 0.6) is 0 Å². The highest BCUT2D eigenvalue weighted by Crippen LogP contribution is 2.26. The summed E-state index contributed by atoms with van der Waals surface area (Å²) in [5.41, 5.74) is 4.16. The van der Waals surface area contributed by atoms with E-state index in [0.29, 0.717) is 0 Å². The Hall–Kier alpha value is -1.25. The molecule has 0 aromatic carbocycles. The van der Waals surface area contributed by atoms with Gasteiger partial charge in [-0.15, -0.1) is 0 Å². The van der Waals surface area contributed by atoms with E-state index in [1.807, 2.05) is 20.8 Å². The molecule has 1 rings (SSSR count). The number of carboxylic acids is 1. The van der Waals surface area contributed by atoms with Crippen LogP contribution in [-0.2, 0) is 11.2 Å². The molecule has 0 spiro atoms. The van der Waals surface area contributed by atoms with Crippen LogP contribution >= 0.6 is 0 Å². The quantitative estimate of drug-likeness (QED) is 0.778. The maximum absolute atomic E-state index is 10.9. The predicted octanol–water partition coefficient (Wildman–Crippen LogP) is 2.38. The minimum Gasteiger partial charge on any atom is -0.481 e. The molecule has 1 atom stereocenters. The van der Waals surface area contributed by atoms with Crippen molar-refractivity contribution in [1.82, 2.24) is 4.98 Å². The van der Waals surface area contributed by atoms with Crippen molar-refractivity contribution >= 4 is 5.97 Å². The summed E-state index contributed by atoms with van der Waals surface area (Å²) in [7, 11) is 0. The molecular weight excluding hydrogens is 178 g/mol. The zero-order chi connectivity index (χ0) is 10.9. The summed E-state index contributed by atoms with van der Waals surface area (Å²) in [5, 5.41) is 8.98. The Bertz CT molecular complexity index is 352. The monoisotopic (exact) mass is 195 g/mol. The molecule has 0 aliphatic heterocycles. The molecular formula is C11H17NO2. The lowest BCUT2D eigenvalue weighted by Crippen LogP contribution is -2.09. The average molecular weight is 195 g/mol. The molecule has 0 bridgehead atoms. The third-order valence-corrected chi connectivity index (χ3v) is 2.79. The Morgan fingerprint density at radius 2 is 2.07 bits per heavy atom. The molecule has 78 valence electrons. The van der Waals surface area contributed by atoms with Gasteiger partial charge in [0, 0.05) is 11.4 Å². The Kier molecular flexibility index (Phi) is 2.99. The fourth-order valence-electron chi connectivity index (χ4n) is 1.80. The number of hydrogen-bond acceptors (Lipinski definition) is 1. The van der Waals surface area contributed by atoms with Gasteiger partial charge in [-0.1, -0.05) is 6.92 Å². The minimum absolute atomic E-state index is 0.421. The van der Waals surface area contributed by atoms with E-state index in [1.54, 1.807) is 6.92 Å². The minimum atomic E-state index is -0.762. The molecule has 0 amide bonds. The lowest BCUT2D eigenvalue weighted by atomic mass is 9.96. The van der Waals surface area contributed by atoms with Crippen molar-refractivity contribution in [1.29, 1.82) is 0 Å². The second-order valence-electron chi connectivity index (χ2n) is 3.68. The van der Waals surface area contributed by atoms with Crippen molar-refractivity contribution in [3.05, 3.63) is 22.5 Å². The first-order valence-electron chi connectivity index (χ1n) is 4.89. The first-order chi connectivity index (χ1) is 6.49. The summed E-state index contributed by atoms with van der Waals surface area (Å²) < 4.78 is 0. The van der Waals surface area contributed by atoms with Gasteiger partial charge < -0.3 is 10.1 Å². The van der Waals surface area contributed by atoms with Crippen molar-refractivity contribution in [2.45, 2.75) is 40.0 Å². The molecule has 0 saturated heterocycles. The maximum atomic E-state index is 10.9. The van der Waals surface area contributed by atoms with E-state index < -0.39 is 11.9 Å². The molecule has 3 heteroatoms. The normalized spacial score (nSPS) is 12.9. The van der Waals surface area contributed by atoms with Gasteiger partial charge >= 0.3 is 5.97 Å². The Balaban J connectivity index is 3.23. The van der Waals surface area contributed by atoms with Crippen LogP contribution in [0.25, 0.3) is 0 Å². The summed E-state index contributed by atoms with van der Waals surface area (Å²) in [5.74, 6) is -1.18. The van der Waals surface area contributed by atoms with Gasteiger partial charge in [-0.25, -0.2) is 0 Å². The van der Waals surface area contributed by atoms with Gasteiger partial charge in [0.25, 0.3) is 0 Å². The molecule has 0 saturated carbocycles. The van der Waals surface area contributed by atoms with E-state index >= 15 is 0 Å². The molecule has 0 aliphatic rings. The molecule has 0 aliphatic carbocycles. The highest BCUT2D eigenvalue weighted by atomic mass is 16.4. The maximum Gasteiger partial charge on any atom is 0.310 e. The zero-order valence-corrected chi connectivity index (χ0v) is 9.14. The summed E-state index contributed by atoms with van der Waals surface area (Å²) >= 11 is 0. The predicted molar refractivity (Wildman–Crippen MR) is 55.7 cm³/mol. The number of rotatable bonds is 3. The van der Waals surface area contributed by atoms with E-state index in [1.165, 1.54) is 0 Å². The first kappa shape index (κ1) is 10.8. The van der Waals surface area contributed by atoms with Crippen LogP contribution < -0.4 is 0 Å². The number of hydrogen-bond donors (Lipinski definition) is 2. The van der Waals surface area contributed by atoms with Crippen LogP contribution in [0.2, 0.25) is 0 Å². The number of aliphatic carboxylic acids is 1. The number of aryl methyl sites for hydroxylation is 2. The fourth-order valence-corrected chi connectivity index (χ4v) is 1.80. The van der Waals surface area contributed by atoms with Crippen LogP contribution in [-0.4, -0.2) is 16.1 Å². The molecule has 3 nitrogen and oxygen atoms in total. The molecule has 0 fully saturated rings. The van der Waals surface area contributed by atoms with Crippen LogP contribution in [0.15, 0.2) is 0 Å². The first-order valence-corrected chi connectivity index (χ1v) is 4.89. The summed E-state index contributed by atoms with van der Waals surface area (Å²) in [6.45, 7) is 7.71. The number of carbonyl (C=O) groups is 1. The van der Waals surface area contributed by atoms with Gasteiger partial charge in [0.05, 0.1) is 5.92 Å². The van der Waals surface area contributed by atoms with E-state index in [-0.39, 0.29) is 0 Å². The fraction of sp³-hybridized carbons (Fsp3) is 0.545. The largest absolute Gasteiger partial charge is 0.481 e. The molecule has 1 aromatic rings. The second-order valence-corrected chi connectivity index (χ2v) is 3.68. The lowest BCUT2D eigenvalue weighted by Gasteiger charge is -2.08. The third-order valence-electron chi connectivity index (χ3n) is 2.79. The molecule has 2 N–H and O–H groups in total. The number of H-pyrrole nitrogens is 1. The van der Waals surface area contributed by atoms with E-state index in [0.717, 1.165) is 28.9 Å². The summed E-state index contributed by atoms with van der Waals surface area (Å²) in [4.78, 5) is 14.2. The average Bonchev–Trinajstić information content (AvgIpc) is 2.42. The summed E-state index contributed by atoms with van der Waals surface area (Å²) in [6, 6.07) is 0. The van der Waals surface area contributed by atoms with Crippen molar-refractivity contribution in [2.24, 2.45) is 0 Å². The van der Waals surface area contributed by atoms with Crippen molar-refractivity contribution in [3.8, 4) is 0 Å². The Morgan fingerprint density at radius 1 is 1.50 bits per heavy atom. The van der Waals surface area contributed by atoms with Crippen molar-refractivity contribution in [2.75, 3.05) is 0 Å². The third kappa shape index (κ3) is 1.67. The van der Waals surface area contributed by atoms with E-state index in [4.69, 9.17) is 5.11 Å². The van der Waals surface area contributed by atoms with Crippen LogP contribution in [0, 0.1) is 13.8 Å². The van der Waals surface area contributed by atoms with Gasteiger partial charge in [-0.3, -0.25) is 4.79 Å². The Morgan fingerprint density at radius 3 is 2.50 bits per heavy atom. The number of carboxylic acid groups (broad SMARTS) is 1. The molecule has 0 radical (unpaired) electrons. The van der Waals surface area contributed by atoms with Gasteiger partial charge in [0.2, 0.25) is 0 Å². The van der Waals surface area contributed by atoms with Gasteiger partial charge in [0.15, 0.2) is 0 Å². The summed E-state index contributed by atoms with van der Waals surface area (Å²) in [6.07, 6.45) is 0.849. The number of aromatic amines is 1. The highest BCUT2D eigenvalue weighted by molar-refractivity contribution is 5.76. The van der Waals surface area contributed by atoms with Gasteiger partial charge in [0.1, 0.15) is 0 Å². The SMILES string of the molecule is CCc1[nH]c(C)c(C)c1C(C)C(=O)O. The topological polar surface area (TPSA) is 53.1 Å². The van der Waals surface area contributed by atoms with E-state index in [9.17, 15) is 4.79 Å². The van der Waals surface area contributed by atoms with Crippen molar-refractivity contribution in [3.63, 3.8) is 0 Å². The smallest absolute Gasteiger partial charge is 0.310 e. The lowest BCUT2D eigenvalue weighted by molar-refractivity contribution is -0.138. The van der Waals surface area contributed by atoms with Gasteiger partial charge in [-0.2, -0.15) is 0 Å². The molecule has 1 unspecified atom stereocenters. The second kappa shape index (κ2) is 3.86. The highest BCUT2D eigenvalue weighted by Gasteiger charge is 2.21. The van der Waals surface area contributed by atoms with Crippen LogP contribution in [0.4, 0.5) is 0 Å². The van der Waals surface area contributed by atoms with Gasteiger partial charge in [-0.05, 0) is 38.3 Å². The van der Waals surface area contributed by atoms with E-state index in [2.05, 4.69) is 4.98 Å². The molecule has 1 aromatic heterocycles. The Labute approximate surface area is 84.2 Å². The van der Waals surface area contributed by atoms with Crippen molar-refractivity contribution < 1.29 is 9.90 Å². The van der Waals surface area contributed by atoms with Crippen LogP contribution in [0.1, 0.15) is 42.3 Å². The molecule has 1 heterocycles. The molecule has 14 heavy (non-hydrogen) atoms. The van der Waals surface area contributed by atoms with Crippen LogP contribution in [0.3, 0.4) is 0 Å². The number of aromatic nitrogens is 1. The standard InChI is InChI=1S/C11H17NO2/c1-5-9-10(7(3)11(13)14)6(2)8(4)12-9/h7,12H,5H2,1-4H3,(H,13,14). The number of nitrogens with one attached hydrogen (secondary N) is 1. The zero-order valence-electron chi connectivity index (χ0n) is 9.14.